The summed E-state index contributed by atoms with van der Waals surface area (Å²) in [5.41, 5.74) is 7.03. The lowest BCUT2D eigenvalue weighted by Crippen LogP contribution is -2.36. The van der Waals surface area contributed by atoms with Crippen molar-refractivity contribution in [2.24, 2.45) is 5.73 Å². The molecule has 2 N–H and O–H groups in total. The molecule has 0 aliphatic carbocycles. The molecule has 1 fully saturated rings. The van der Waals surface area contributed by atoms with Crippen molar-refractivity contribution in [2.45, 2.75) is 13.0 Å². The van der Waals surface area contributed by atoms with Crippen molar-refractivity contribution in [1.82, 2.24) is 19.7 Å². The zero-order valence-electron chi connectivity index (χ0n) is 11.7. The lowest BCUT2D eigenvalue weighted by atomic mass is 10.3. The van der Waals surface area contributed by atoms with Crippen molar-refractivity contribution < 1.29 is 4.74 Å². The number of pyridine rings is 1. The average molecular weight is 400 g/mol. The van der Waals surface area contributed by atoms with Gasteiger partial charge in [-0.05, 0) is 19.1 Å². The molecule has 1 saturated heterocycles. The minimum Gasteiger partial charge on any atom is -0.378 e. The lowest BCUT2D eigenvalue weighted by Gasteiger charge is -2.28. The predicted octanol–water partition coefficient (Wildman–Crippen LogP) is 1.12. The fourth-order valence-corrected chi connectivity index (χ4v) is 2.74. The van der Waals surface area contributed by atoms with Gasteiger partial charge in [0.15, 0.2) is 11.6 Å². The molecular weight excluding hydrogens is 383 g/mol. The summed E-state index contributed by atoms with van der Waals surface area (Å²) in [5, 5.41) is 4.36. The zero-order valence-corrected chi connectivity index (χ0v) is 13.9. The zero-order chi connectivity index (χ0) is 14.8. The van der Waals surface area contributed by atoms with Gasteiger partial charge in [0.05, 0.1) is 31.1 Å². The van der Waals surface area contributed by atoms with E-state index in [1.807, 2.05) is 25.3 Å². The Hall–Kier alpha value is -1.26. The van der Waals surface area contributed by atoms with E-state index in [4.69, 9.17) is 10.5 Å². The van der Waals surface area contributed by atoms with Gasteiger partial charge in [-0.25, -0.2) is 9.97 Å². The second-order valence-electron chi connectivity index (χ2n) is 4.91. The third-order valence-corrected chi connectivity index (χ3v) is 3.80. The Labute approximate surface area is 136 Å². The summed E-state index contributed by atoms with van der Waals surface area (Å²) in [5.74, 6) is 1.45. The third-order valence-electron chi connectivity index (χ3n) is 3.34. The summed E-state index contributed by atoms with van der Waals surface area (Å²) in [4.78, 5) is 11.1. The molecule has 0 spiro atoms. The van der Waals surface area contributed by atoms with Gasteiger partial charge in [0.1, 0.15) is 0 Å². The molecular formula is C13H17IN6O. The van der Waals surface area contributed by atoms with Gasteiger partial charge < -0.3 is 15.4 Å². The highest BCUT2D eigenvalue weighted by Gasteiger charge is 2.16. The van der Waals surface area contributed by atoms with Gasteiger partial charge in [-0.3, -0.25) is 0 Å². The first-order chi connectivity index (χ1) is 10.1. The van der Waals surface area contributed by atoms with Gasteiger partial charge in [-0.2, -0.15) is 4.68 Å². The maximum absolute atomic E-state index is 5.94. The van der Waals surface area contributed by atoms with Crippen LogP contribution >= 0.6 is 22.6 Å². The van der Waals surface area contributed by atoms with Crippen molar-refractivity contribution in [1.29, 1.82) is 0 Å². The Kier molecular flexibility index (Phi) is 4.36. The molecule has 0 amide bonds. The van der Waals surface area contributed by atoms with Crippen molar-refractivity contribution in [3.8, 4) is 5.82 Å². The van der Waals surface area contributed by atoms with Crippen LogP contribution in [0.4, 0.5) is 5.69 Å². The summed E-state index contributed by atoms with van der Waals surface area (Å²) in [6.45, 7) is 5.20. The van der Waals surface area contributed by atoms with Gasteiger partial charge in [0.25, 0.3) is 0 Å². The van der Waals surface area contributed by atoms with Crippen LogP contribution in [0.5, 0.6) is 0 Å². The summed E-state index contributed by atoms with van der Waals surface area (Å²) >= 11 is 2.08. The van der Waals surface area contributed by atoms with E-state index >= 15 is 0 Å². The maximum atomic E-state index is 5.94. The van der Waals surface area contributed by atoms with Crippen LogP contribution in [0.3, 0.4) is 0 Å². The first kappa shape index (κ1) is 14.7. The molecule has 1 aliphatic heterocycles. The summed E-state index contributed by atoms with van der Waals surface area (Å²) in [7, 11) is 0. The predicted molar refractivity (Wildman–Crippen MR) is 87.5 cm³/mol. The normalized spacial score (nSPS) is 17.0. The number of halogens is 1. The largest absolute Gasteiger partial charge is 0.378 e. The van der Waals surface area contributed by atoms with Gasteiger partial charge in [0.2, 0.25) is 3.83 Å². The van der Waals surface area contributed by atoms with Crippen LogP contribution in [0.2, 0.25) is 0 Å². The molecule has 1 atom stereocenters. The van der Waals surface area contributed by atoms with Crippen LogP contribution in [0.25, 0.3) is 5.82 Å². The fourth-order valence-electron chi connectivity index (χ4n) is 2.27. The molecule has 0 aromatic carbocycles. The number of hydrogen-bond acceptors (Lipinski definition) is 6. The monoisotopic (exact) mass is 400 g/mol. The fraction of sp³-hybridized carbons (Fsp3) is 0.462. The van der Waals surface area contributed by atoms with Crippen LogP contribution in [0.1, 0.15) is 18.8 Å². The topological polar surface area (TPSA) is 82.1 Å². The van der Waals surface area contributed by atoms with E-state index in [0.717, 1.165) is 37.8 Å². The van der Waals surface area contributed by atoms with Gasteiger partial charge in [0, 0.05) is 35.7 Å². The molecule has 8 heteroatoms. The highest BCUT2D eigenvalue weighted by atomic mass is 127. The average Bonchev–Trinajstić information content (AvgIpc) is 2.91. The van der Waals surface area contributed by atoms with Crippen LogP contribution in [0, 0.1) is 3.83 Å². The van der Waals surface area contributed by atoms with E-state index in [0.29, 0.717) is 9.66 Å². The first-order valence-corrected chi connectivity index (χ1v) is 7.90. The van der Waals surface area contributed by atoms with E-state index < -0.39 is 0 Å². The lowest BCUT2D eigenvalue weighted by molar-refractivity contribution is 0.122. The molecule has 0 bridgehead atoms. The first-order valence-electron chi connectivity index (χ1n) is 6.82. The third kappa shape index (κ3) is 3.16. The number of rotatable bonds is 3. The summed E-state index contributed by atoms with van der Waals surface area (Å²) < 4.78 is 7.73. The van der Waals surface area contributed by atoms with E-state index in [9.17, 15) is 0 Å². The number of aromatic nitrogens is 4. The molecule has 0 radical (unpaired) electrons. The molecule has 3 heterocycles. The second kappa shape index (κ2) is 6.24. The molecule has 1 aliphatic rings. The molecule has 3 rings (SSSR count). The number of morpholine rings is 1. The number of nitrogens with zero attached hydrogens (tertiary/aromatic N) is 5. The van der Waals surface area contributed by atoms with E-state index in [-0.39, 0.29) is 6.04 Å². The molecule has 2 aromatic rings. The Morgan fingerprint density at radius 2 is 2.10 bits per heavy atom. The maximum Gasteiger partial charge on any atom is 0.212 e. The number of hydrogen-bond donors (Lipinski definition) is 1. The van der Waals surface area contributed by atoms with Gasteiger partial charge >= 0.3 is 0 Å². The quantitative estimate of drug-likeness (QED) is 0.778. The number of anilines is 1. The van der Waals surface area contributed by atoms with Crippen molar-refractivity contribution in [3.05, 3.63) is 28.0 Å². The molecule has 0 saturated carbocycles. The van der Waals surface area contributed by atoms with Crippen molar-refractivity contribution in [3.63, 3.8) is 0 Å². The minimum absolute atomic E-state index is 0.193. The summed E-state index contributed by atoms with van der Waals surface area (Å²) in [6, 6.07) is 3.80. The molecule has 1 unspecified atom stereocenters. The van der Waals surface area contributed by atoms with E-state index in [1.165, 1.54) is 0 Å². The highest BCUT2D eigenvalue weighted by molar-refractivity contribution is 14.1. The Balaban J connectivity index is 1.87. The SMILES string of the molecule is CC(N)c1nc(I)nn1-c1ccc(N2CCOCC2)cn1. The molecule has 112 valence electrons. The van der Waals surface area contributed by atoms with Crippen LogP contribution in [0.15, 0.2) is 18.3 Å². The Bertz CT molecular complexity index is 606. The highest BCUT2D eigenvalue weighted by Crippen LogP contribution is 2.18. The van der Waals surface area contributed by atoms with Crippen molar-refractivity contribution >= 4 is 28.3 Å². The van der Waals surface area contributed by atoms with Crippen LogP contribution in [-0.2, 0) is 4.74 Å². The molecule has 21 heavy (non-hydrogen) atoms. The van der Waals surface area contributed by atoms with Gasteiger partial charge in [-0.1, -0.05) is 0 Å². The second-order valence-corrected chi connectivity index (χ2v) is 5.88. The number of nitrogens with two attached hydrogens (primary N) is 1. The van der Waals surface area contributed by atoms with Crippen molar-refractivity contribution in [2.75, 3.05) is 31.2 Å². The van der Waals surface area contributed by atoms with E-state index in [2.05, 4.69) is 42.6 Å². The van der Waals surface area contributed by atoms with E-state index in [1.54, 1.807) is 4.68 Å². The molecule has 2 aromatic heterocycles. The van der Waals surface area contributed by atoms with Gasteiger partial charge in [-0.15, -0.1) is 5.10 Å². The van der Waals surface area contributed by atoms with Crippen LogP contribution < -0.4 is 10.6 Å². The Morgan fingerprint density at radius 3 is 2.71 bits per heavy atom. The standard InChI is InChI=1S/C13H17IN6O/c1-9(15)12-17-13(14)18-20(12)11-3-2-10(8-16-11)19-4-6-21-7-5-19/h2-3,8-9H,4-7,15H2,1H3. The smallest absolute Gasteiger partial charge is 0.212 e. The minimum atomic E-state index is -0.193. The number of ether oxygens (including phenoxy) is 1. The Morgan fingerprint density at radius 1 is 1.33 bits per heavy atom. The van der Waals surface area contributed by atoms with Crippen LogP contribution in [-0.4, -0.2) is 46.1 Å². The molecule has 7 nitrogen and oxygen atoms in total. The summed E-state index contributed by atoms with van der Waals surface area (Å²) in [6.07, 6.45) is 1.86.